The smallest absolute Gasteiger partial charge is 0.144 e. The summed E-state index contributed by atoms with van der Waals surface area (Å²) in [5.41, 5.74) is 0. The fourth-order valence-electron chi connectivity index (χ4n) is 0.266. The van der Waals surface area contributed by atoms with E-state index < -0.39 is 5.94 Å². The van der Waals surface area contributed by atoms with Gasteiger partial charge in [0.15, 0.2) is 0 Å². The topological polar surface area (TPSA) is 29.4 Å². The van der Waals surface area contributed by atoms with Gasteiger partial charge in [0.1, 0.15) is 13.6 Å². The van der Waals surface area contributed by atoms with Crippen LogP contribution in [0.25, 0.3) is 0 Å². The number of nitrogens with zero attached hydrogens (tertiary/aromatic N) is 1. The lowest BCUT2D eigenvalue weighted by molar-refractivity contribution is -0.116. The highest BCUT2D eigenvalue weighted by Gasteiger charge is 2.00. The van der Waals surface area contributed by atoms with E-state index in [2.05, 4.69) is 4.99 Å². The zero-order valence-electron chi connectivity index (χ0n) is 5.09. The molecule has 8 heavy (non-hydrogen) atoms. The molecule has 2 nitrogen and oxygen atoms in total. The highest BCUT2D eigenvalue weighted by Crippen LogP contribution is 1.82. The molecule has 42 valence electrons. The highest BCUT2D eigenvalue weighted by molar-refractivity contribution is 6.24. The largest absolute Gasteiger partial charge is 0.299 e. The maximum absolute atomic E-state index is 10.3. The van der Waals surface area contributed by atoms with Crippen LogP contribution >= 0.6 is 0 Å². The fourth-order valence-corrected chi connectivity index (χ4v) is 0.266. The molecule has 3 heteroatoms. The minimum Gasteiger partial charge on any atom is -0.299 e. The number of ketones is 1. The van der Waals surface area contributed by atoms with E-state index in [1.807, 2.05) is 0 Å². The normalized spacial score (nSPS) is 14.2. The number of aliphatic imine (C=N–C) groups is 1. The Labute approximate surface area is 50.4 Å². The third-order valence-corrected chi connectivity index (χ3v) is 0.726. The van der Waals surface area contributed by atoms with Gasteiger partial charge in [0.05, 0.1) is 5.94 Å². The van der Waals surface area contributed by atoms with Gasteiger partial charge in [-0.15, -0.1) is 0 Å². The van der Waals surface area contributed by atoms with E-state index >= 15 is 0 Å². The van der Waals surface area contributed by atoms with E-state index in [1.54, 1.807) is 6.92 Å². The fraction of sp³-hybridized carbons (Fsp3) is 0.600. The molecule has 0 bridgehead atoms. The molecule has 0 aromatic heterocycles. The molecule has 0 aliphatic carbocycles. The van der Waals surface area contributed by atoms with Gasteiger partial charge >= 0.3 is 0 Å². The van der Waals surface area contributed by atoms with Gasteiger partial charge in [-0.2, -0.15) is 0 Å². The standard InChI is InChI=1S/C5H8BNO/c1-3-7-5(6)4(2)8/h3,5H,1-2H3/b7-3-. The number of carbonyl (C=O) groups is 1. The van der Waals surface area contributed by atoms with Crippen molar-refractivity contribution in [3.05, 3.63) is 0 Å². The van der Waals surface area contributed by atoms with Gasteiger partial charge in [-0.25, -0.2) is 0 Å². The van der Waals surface area contributed by atoms with Crippen molar-refractivity contribution in [2.45, 2.75) is 19.8 Å². The van der Waals surface area contributed by atoms with Crippen LogP contribution in [0.15, 0.2) is 4.99 Å². The SMILES string of the molecule is [B]C(/N=C\C)C(C)=O. The highest BCUT2D eigenvalue weighted by atomic mass is 16.1. The van der Waals surface area contributed by atoms with Gasteiger partial charge in [-0.05, 0) is 20.1 Å². The van der Waals surface area contributed by atoms with E-state index in [0.717, 1.165) is 0 Å². The van der Waals surface area contributed by atoms with E-state index in [0.29, 0.717) is 0 Å². The second-order valence-electron chi connectivity index (χ2n) is 1.46. The van der Waals surface area contributed by atoms with Crippen LogP contribution in [0, 0.1) is 0 Å². The summed E-state index contributed by atoms with van der Waals surface area (Å²) in [7, 11) is 5.18. The van der Waals surface area contributed by atoms with Crippen LogP contribution in [0.4, 0.5) is 0 Å². The van der Waals surface area contributed by atoms with Crippen LogP contribution in [0.2, 0.25) is 0 Å². The van der Waals surface area contributed by atoms with Crippen molar-refractivity contribution in [3.63, 3.8) is 0 Å². The van der Waals surface area contributed by atoms with E-state index in [1.165, 1.54) is 13.1 Å². The summed E-state index contributed by atoms with van der Waals surface area (Å²) in [6, 6.07) is 0. The molecule has 0 fully saturated rings. The Kier molecular flexibility index (Phi) is 3.16. The zero-order chi connectivity index (χ0) is 6.57. The van der Waals surface area contributed by atoms with Gasteiger partial charge in [-0.3, -0.25) is 9.79 Å². The molecule has 0 aromatic rings. The molecule has 0 saturated heterocycles. The van der Waals surface area contributed by atoms with Gasteiger partial charge in [0, 0.05) is 0 Å². The van der Waals surface area contributed by atoms with Crippen molar-refractivity contribution in [2.24, 2.45) is 4.99 Å². The Bertz CT molecular complexity index is 111. The number of hydrogen-bond donors (Lipinski definition) is 0. The summed E-state index contributed by atoms with van der Waals surface area (Å²) in [5, 5.41) is 0. The van der Waals surface area contributed by atoms with Gasteiger partial charge < -0.3 is 0 Å². The van der Waals surface area contributed by atoms with E-state index in [-0.39, 0.29) is 5.78 Å². The summed E-state index contributed by atoms with van der Waals surface area (Å²) in [6.07, 6.45) is 1.52. The monoisotopic (exact) mass is 109 g/mol. The zero-order valence-corrected chi connectivity index (χ0v) is 5.09. The first-order chi connectivity index (χ1) is 3.68. The molecule has 0 rings (SSSR count). The van der Waals surface area contributed by atoms with Crippen molar-refractivity contribution in [2.75, 3.05) is 0 Å². The predicted molar refractivity (Wildman–Crippen MR) is 34.4 cm³/mol. The summed E-state index contributed by atoms with van der Waals surface area (Å²) in [5.74, 6) is -0.761. The molecule has 0 N–H and O–H groups in total. The van der Waals surface area contributed by atoms with Crippen LogP contribution < -0.4 is 0 Å². The average molecular weight is 109 g/mol. The Balaban J connectivity index is 3.64. The first-order valence-electron chi connectivity index (χ1n) is 2.42. The first kappa shape index (κ1) is 7.40. The van der Waals surface area contributed by atoms with Crippen LogP contribution in [-0.4, -0.2) is 25.8 Å². The van der Waals surface area contributed by atoms with Crippen molar-refractivity contribution in [1.29, 1.82) is 0 Å². The van der Waals surface area contributed by atoms with Crippen LogP contribution in [0.3, 0.4) is 0 Å². The molecule has 0 amide bonds. The van der Waals surface area contributed by atoms with Crippen molar-refractivity contribution < 1.29 is 4.79 Å². The molecule has 0 heterocycles. The Morgan fingerprint density at radius 1 is 1.88 bits per heavy atom. The average Bonchev–Trinajstić information content (AvgIpc) is 1.67. The van der Waals surface area contributed by atoms with Crippen molar-refractivity contribution >= 4 is 19.8 Å². The first-order valence-corrected chi connectivity index (χ1v) is 2.42. The number of carbonyl (C=O) groups excluding carboxylic acids is 1. The minimum atomic E-state index is -0.653. The summed E-state index contributed by atoms with van der Waals surface area (Å²) >= 11 is 0. The van der Waals surface area contributed by atoms with Gasteiger partial charge in [0.2, 0.25) is 0 Å². The molecule has 0 aliphatic heterocycles. The molecule has 1 atom stereocenters. The molecule has 0 aliphatic rings. The van der Waals surface area contributed by atoms with Crippen molar-refractivity contribution in [1.82, 2.24) is 0 Å². The lowest BCUT2D eigenvalue weighted by Gasteiger charge is -1.96. The Hall–Kier alpha value is -0.595. The number of Topliss-reactive ketones (excluding diaryl/α,β-unsaturated/α-hetero) is 1. The number of rotatable bonds is 2. The maximum Gasteiger partial charge on any atom is 0.144 e. The summed E-state index contributed by atoms with van der Waals surface area (Å²) in [4.78, 5) is 13.9. The summed E-state index contributed by atoms with van der Waals surface area (Å²) in [6.45, 7) is 3.14. The van der Waals surface area contributed by atoms with Crippen molar-refractivity contribution in [3.8, 4) is 0 Å². The molecule has 0 saturated carbocycles. The van der Waals surface area contributed by atoms with Crippen LogP contribution in [-0.2, 0) is 4.79 Å². The van der Waals surface area contributed by atoms with Gasteiger partial charge in [-0.1, -0.05) is 0 Å². The quantitative estimate of drug-likeness (QED) is 0.366. The van der Waals surface area contributed by atoms with E-state index in [9.17, 15) is 4.79 Å². The molecular weight excluding hydrogens is 101 g/mol. The Morgan fingerprint density at radius 2 is 2.38 bits per heavy atom. The number of hydrogen-bond acceptors (Lipinski definition) is 2. The second-order valence-corrected chi connectivity index (χ2v) is 1.46. The molecular formula is C5H8BNO. The second kappa shape index (κ2) is 3.41. The van der Waals surface area contributed by atoms with Crippen LogP contribution in [0.1, 0.15) is 13.8 Å². The molecule has 0 aromatic carbocycles. The predicted octanol–water partition coefficient (Wildman–Crippen LogP) is 0.161. The Morgan fingerprint density at radius 3 is 2.50 bits per heavy atom. The van der Waals surface area contributed by atoms with E-state index in [4.69, 9.17) is 7.85 Å². The molecule has 0 spiro atoms. The lowest BCUT2D eigenvalue weighted by Crippen LogP contribution is -2.14. The third kappa shape index (κ3) is 2.56. The molecule has 2 radical (unpaired) electrons. The maximum atomic E-state index is 10.3. The third-order valence-electron chi connectivity index (χ3n) is 0.726. The van der Waals surface area contributed by atoms with Crippen LogP contribution in [0.5, 0.6) is 0 Å². The lowest BCUT2D eigenvalue weighted by atomic mass is 9.94. The molecule has 1 unspecified atom stereocenters. The minimum absolute atomic E-state index is 0.108. The van der Waals surface area contributed by atoms with Gasteiger partial charge in [0.25, 0.3) is 0 Å². The summed E-state index contributed by atoms with van der Waals surface area (Å²) < 4.78 is 0.